The van der Waals surface area contributed by atoms with Gasteiger partial charge in [-0.3, -0.25) is 14.7 Å². The number of aryl methyl sites for hydroxylation is 1. The monoisotopic (exact) mass is 288 g/mol. The number of carbonyl (C=O) groups is 1. The van der Waals surface area contributed by atoms with Crippen LogP contribution in [-0.2, 0) is 11.2 Å². The SMILES string of the molecule is Cc1cccc(-n2[nH]c(C(C)C)c(CCC(=O)O)c2=O)c1. The fraction of sp³-hybridized carbons (Fsp3) is 0.375. The van der Waals surface area contributed by atoms with E-state index in [-0.39, 0.29) is 24.3 Å². The van der Waals surface area contributed by atoms with Gasteiger partial charge in [0.1, 0.15) is 0 Å². The summed E-state index contributed by atoms with van der Waals surface area (Å²) in [6.07, 6.45) is 0.206. The zero-order valence-electron chi connectivity index (χ0n) is 12.5. The fourth-order valence-corrected chi connectivity index (χ4v) is 2.39. The number of carboxylic acid groups (broad SMARTS) is 1. The Bertz CT molecular complexity index is 711. The molecule has 2 aromatic rings. The van der Waals surface area contributed by atoms with Crippen LogP contribution in [0.5, 0.6) is 0 Å². The lowest BCUT2D eigenvalue weighted by molar-refractivity contribution is -0.136. The third kappa shape index (κ3) is 3.24. The van der Waals surface area contributed by atoms with Crippen molar-refractivity contribution in [2.24, 2.45) is 0 Å². The first-order valence-corrected chi connectivity index (χ1v) is 7.02. The molecule has 0 amide bonds. The maximum Gasteiger partial charge on any atom is 0.303 e. The van der Waals surface area contributed by atoms with Gasteiger partial charge in [-0.05, 0) is 37.0 Å². The van der Waals surface area contributed by atoms with Crippen LogP contribution in [0.3, 0.4) is 0 Å². The lowest BCUT2D eigenvalue weighted by Crippen LogP contribution is -2.18. The van der Waals surface area contributed by atoms with Gasteiger partial charge in [-0.25, -0.2) is 4.68 Å². The molecule has 0 aliphatic heterocycles. The lowest BCUT2D eigenvalue weighted by atomic mass is 10.0. The highest BCUT2D eigenvalue weighted by Gasteiger charge is 2.18. The zero-order chi connectivity index (χ0) is 15.6. The van der Waals surface area contributed by atoms with Gasteiger partial charge in [0.05, 0.1) is 5.69 Å². The van der Waals surface area contributed by atoms with Crippen molar-refractivity contribution in [1.82, 2.24) is 9.78 Å². The number of aromatic nitrogens is 2. The van der Waals surface area contributed by atoms with E-state index >= 15 is 0 Å². The van der Waals surface area contributed by atoms with Crippen molar-refractivity contribution in [3.63, 3.8) is 0 Å². The van der Waals surface area contributed by atoms with E-state index < -0.39 is 5.97 Å². The molecule has 0 fully saturated rings. The van der Waals surface area contributed by atoms with Gasteiger partial charge in [0.2, 0.25) is 0 Å². The molecule has 5 nitrogen and oxygen atoms in total. The molecule has 21 heavy (non-hydrogen) atoms. The molecule has 1 heterocycles. The Hall–Kier alpha value is -2.30. The Morgan fingerprint density at radius 2 is 2.10 bits per heavy atom. The zero-order valence-corrected chi connectivity index (χ0v) is 12.5. The first kappa shape index (κ1) is 15.1. The number of nitrogens with one attached hydrogen (secondary N) is 1. The summed E-state index contributed by atoms with van der Waals surface area (Å²) in [5.74, 6) is -0.764. The molecule has 0 radical (unpaired) electrons. The number of carboxylic acids is 1. The molecule has 0 bridgehead atoms. The highest BCUT2D eigenvalue weighted by molar-refractivity contribution is 5.67. The van der Waals surface area contributed by atoms with Crippen LogP contribution in [0.25, 0.3) is 5.69 Å². The number of aliphatic carboxylic acids is 1. The molecule has 1 aromatic carbocycles. The Morgan fingerprint density at radius 1 is 1.38 bits per heavy atom. The predicted octanol–water partition coefficient (Wildman–Crippen LogP) is 2.61. The van der Waals surface area contributed by atoms with Crippen molar-refractivity contribution in [2.45, 2.75) is 39.5 Å². The largest absolute Gasteiger partial charge is 0.481 e. The van der Waals surface area contributed by atoms with E-state index in [2.05, 4.69) is 5.10 Å². The van der Waals surface area contributed by atoms with Crippen LogP contribution in [0.4, 0.5) is 0 Å². The van der Waals surface area contributed by atoms with Gasteiger partial charge in [-0.1, -0.05) is 26.0 Å². The van der Waals surface area contributed by atoms with Gasteiger partial charge in [0.15, 0.2) is 0 Å². The maximum absolute atomic E-state index is 12.6. The number of rotatable bonds is 5. The van der Waals surface area contributed by atoms with Crippen molar-refractivity contribution < 1.29 is 9.90 Å². The van der Waals surface area contributed by atoms with Gasteiger partial charge >= 0.3 is 5.97 Å². The van der Waals surface area contributed by atoms with E-state index in [1.54, 1.807) is 0 Å². The maximum atomic E-state index is 12.6. The fourth-order valence-electron chi connectivity index (χ4n) is 2.39. The van der Waals surface area contributed by atoms with Crippen LogP contribution in [0, 0.1) is 6.92 Å². The third-order valence-corrected chi connectivity index (χ3v) is 3.44. The van der Waals surface area contributed by atoms with Crippen LogP contribution in [0.15, 0.2) is 29.1 Å². The summed E-state index contributed by atoms with van der Waals surface area (Å²) in [5, 5.41) is 12.0. The standard InChI is InChI=1S/C16H20N2O3/c1-10(2)15-13(7-8-14(19)20)16(21)18(17-15)12-6-4-5-11(3)9-12/h4-6,9-10,17H,7-8H2,1-3H3,(H,19,20). The van der Waals surface area contributed by atoms with E-state index in [0.29, 0.717) is 5.56 Å². The quantitative estimate of drug-likeness (QED) is 0.888. The lowest BCUT2D eigenvalue weighted by Gasteiger charge is -2.05. The van der Waals surface area contributed by atoms with Crippen LogP contribution < -0.4 is 5.56 Å². The molecule has 2 N–H and O–H groups in total. The molecule has 0 saturated heterocycles. The molecular formula is C16H20N2O3. The summed E-state index contributed by atoms with van der Waals surface area (Å²) < 4.78 is 1.50. The Labute approximate surface area is 123 Å². The molecule has 0 unspecified atom stereocenters. The third-order valence-electron chi connectivity index (χ3n) is 3.44. The van der Waals surface area contributed by atoms with E-state index in [9.17, 15) is 9.59 Å². The van der Waals surface area contributed by atoms with E-state index in [1.165, 1.54) is 4.68 Å². The highest BCUT2D eigenvalue weighted by Crippen LogP contribution is 2.18. The molecule has 0 saturated carbocycles. The summed E-state index contributed by atoms with van der Waals surface area (Å²) in [4.78, 5) is 23.3. The van der Waals surface area contributed by atoms with Crippen molar-refractivity contribution in [3.8, 4) is 5.69 Å². The number of nitrogens with zero attached hydrogens (tertiary/aromatic N) is 1. The summed E-state index contributed by atoms with van der Waals surface area (Å²) in [6.45, 7) is 5.93. The minimum Gasteiger partial charge on any atom is -0.481 e. The molecule has 2 rings (SSSR count). The molecule has 5 heteroatoms. The number of H-pyrrole nitrogens is 1. The minimum atomic E-state index is -0.896. The van der Waals surface area contributed by atoms with Gasteiger partial charge in [-0.15, -0.1) is 0 Å². The molecule has 112 valence electrons. The minimum absolute atomic E-state index is 0.0410. The first-order chi connectivity index (χ1) is 9.90. The predicted molar refractivity (Wildman–Crippen MR) is 81.2 cm³/mol. The Kier molecular flexibility index (Phi) is 4.31. The molecule has 0 atom stereocenters. The van der Waals surface area contributed by atoms with Gasteiger partial charge in [0.25, 0.3) is 5.56 Å². The van der Waals surface area contributed by atoms with Gasteiger partial charge in [-0.2, -0.15) is 0 Å². The second kappa shape index (κ2) is 5.99. The van der Waals surface area contributed by atoms with Crippen LogP contribution in [0.2, 0.25) is 0 Å². The summed E-state index contributed by atoms with van der Waals surface area (Å²) >= 11 is 0. The summed E-state index contributed by atoms with van der Waals surface area (Å²) in [7, 11) is 0. The molecule has 0 aliphatic carbocycles. The van der Waals surface area contributed by atoms with E-state index in [4.69, 9.17) is 5.11 Å². The summed E-state index contributed by atoms with van der Waals surface area (Å²) in [6, 6.07) is 7.63. The number of aromatic amines is 1. The first-order valence-electron chi connectivity index (χ1n) is 7.02. The molecular weight excluding hydrogens is 268 g/mol. The van der Waals surface area contributed by atoms with E-state index in [1.807, 2.05) is 45.0 Å². The number of benzene rings is 1. The average molecular weight is 288 g/mol. The van der Waals surface area contributed by atoms with E-state index in [0.717, 1.165) is 16.9 Å². The van der Waals surface area contributed by atoms with Crippen molar-refractivity contribution >= 4 is 5.97 Å². The normalized spacial score (nSPS) is 11.0. The molecule has 0 spiro atoms. The second-order valence-corrected chi connectivity index (χ2v) is 5.53. The Balaban J connectivity index is 2.51. The van der Waals surface area contributed by atoms with Gasteiger partial charge < -0.3 is 5.11 Å². The average Bonchev–Trinajstić information content (AvgIpc) is 2.73. The second-order valence-electron chi connectivity index (χ2n) is 5.53. The number of hydrogen-bond donors (Lipinski definition) is 2. The molecule has 0 aliphatic rings. The van der Waals surface area contributed by atoms with Crippen LogP contribution >= 0.6 is 0 Å². The topological polar surface area (TPSA) is 75.1 Å². The van der Waals surface area contributed by atoms with Crippen LogP contribution in [-0.4, -0.2) is 20.9 Å². The highest BCUT2D eigenvalue weighted by atomic mass is 16.4. The van der Waals surface area contributed by atoms with Crippen molar-refractivity contribution in [1.29, 1.82) is 0 Å². The number of hydrogen-bond acceptors (Lipinski definition) is 2. The van der Waals surface area contributed by atoms with Crippen molar-refractivity contribution in [2.75, 3.05) is 0 Å². The molecule has 1 aromatic heterocycles. The smallest absolute Gasteiger partial charge is 0.303 e. The Morgan fingerprint density at radius 3 is 2.67 bits per heavy atom. The van der Waals surface area contributed by atoms with Crippen LogP contribution in [0.1, 0.15) is 43.0 Å². The van der Waals surface area contributed by atoms with Gasteiger partial charge in [0, 0.05) is 17.7 Å². The summed E-state index contributed by atoms with van der Waals surface area (Å²) in [5.41, 5.74) is 3.04. The van der Waals surface area contributed by atoms with Crippen molar-refractivity contribution in [3.05, 3.63) is 51.4 Å².